The van der Waals surface area contributed by atoms with Gasteiger partial charge >= 0.3 is 6.03 Å². The number of carbonyl (C=O) groups is 1. The number of likely N-dealkylation sites (tertiary alicyclic amines) is 1. The maximum Gasteiger partial charge on any atom is 0.317 e. The fraction of sp³-hybridized carbons (Fsp3) is 0.500. The van der Waals surface area contributed by atoms with E-state index in [9.17, 15) is 9.18 Å². The summed E-state index contributed by atoms with van der Waals surface area (Å²) in [5, 5.41) is 11.1. The maximum atomic E-state index is 14.6. The summed E-state index contributed by atoms with van der Waals surface area (Å²) in [6.07, 6.45) is 9.44. The summed E-state index contributed by atoms with van der Waals surface area (Å²) in [6.45, 7) is 1.68. The summed E-state index contributed by atoms with van der Waals surface area (Å²) < 4.78 is 14.6. The number of fused-ring (bicyclic) bond motifs is 1. The van der Waals surface area contributed by atoms with Crippen LogP contribution in [0.25, 0.3) is 22.6 Å². The molecule has 2 aliphatic rings. The van der Waals surface area contributed by atoms with E-state index in [1.54, 1.807) is 6.20 Å². The van der Waals surface area contributed by atoms with E-state index in [0.717, 1.165) is 57.0 Å². The Balaban J connectivity index is 1.29. The van der Waals surface area contributed by atoms with Gasteiger partial charge in [0.1, 0.15) is 5.69 Å². The number of halogens is 1. The highest BCUT2D eigenvalue weighted by atomic mass is 19.1. The summed E-state index contributed by atoms with van der Waals surface area (Å²) in [7, 11) is 0. The van der Waals surface area contributed by atoms with Crippen molar-refractivity contribution in [3.63, 3.8) is 0 Å². The van der Waals surface area contributed by atoms with Crippen molar-refractivity contribution in [3.05, 3.63) is 36.0 Å². The Morgan fingerprint density at radius 1 is 1.23 bits per heavy atom. The Morgan fingerprint density at radius 3 is 2.97 bits per heavy atom. The molecule has 0 spiro atoms. The van der Waals surface area contributed by atoms with Crippen molar-refractivity contribution in [1.29, 1.82) is 0 Å². The summed E-state index contributed by atoms with van der Waals surface area (Å²) in [6, 6.07) is 3.89. The van der Waals surface area contributed by atoms with Crippen molar-refractivity contribution >= 4 is 17.1 Å². The number of carbonyl (C=O) groups excluding carboxylic acids is 1. The Kier molecular flexibility index (Phi) is 5.48. The molecule has 4 heterocycles. The fourth-order valence-electron chi connectivity index (χ4n) is 4.75. The number of amides is 2. The molecule has 3 aromatic rings. The highest BCUT2D eigenvalue weighted by Gasteiger charge is 2.27. The van der Waals surface area contributed by atoms with Gasteiger partial charge in [0.25, 0.3) is 0 Å². The molecule has 1 saturated heterocycles. The van der Waals surface area contributed by atoms with Gasteiger partial charge in [-0.1, -0.05) is 6.42 Å². The van der Waals surface area contributed by atoms with Crippen LogP contribution in [0.3, 0.4) is 0 Å². The first-order valence-corrected chi connectivity index (χ1v) is 11.0. The monoisotopic (exact) mass is 423 g/mol. The lowest BCUT2D eigenvalue weighted by molar-refractivity contribution is 0.195. The average Bonchev–Trinajstić information content (AvgIpc) is 3.46. The number of nitrogens with one attached hydrogen (secondary N) is 2. The van der Waals surface area contributed by atoms with Gasteiger partial charge in [0.2, 0.25) is 0 Å². The topological polar surface area (TPSA) is 99.7 Å². The van der Waals surface area contributed by atoms with Gasteiger partial charge in [0.15, 0.2) is 17.3 Å². The van der Waals surface area contributed by atoms with Crippen LogP contribution >= 0.6 is 0 Å². The summed E-state index contributed by atoms with van der Waals surface area (Å²) in [5.41, 5.74) is 1.63. The average molecular weight is 423 g/mol. The van der Waals surface area contributed by atoms with Crippen molar-refractivity contribution in [3.8, 4) is 11.5 Å². The number of urea groups is 1. The van der Waals surface area contributed by atoms with E-state index in [4.69, 9.17) is 0 Å². The SMILES string of the molecule is O=C(N[C@@H]1CCC[C@H](Cc2nc(-c3[nH]nc4ncccc34)ncc2F)C1)N1CCCC1. The number of hydrogen-bond acceptors (Lipinski definition) is 5. The van der Waals surface area contributed by atoms with E-state index >= 15 is 0 Å². The van der Waals surface area contributed by atoms with Crippen LogP contribution in [-0.2, 0) is 6.42 Å². The smallest absolute Gasteiger partial charge is 0.317 e. The zero-order chi connectivity index (χ0) is 21.2. The Bertz CT molecular complexity index is 1080. The molecule has 9 heteroatoms. The molecule has 3 aromatic heterocycles. The molecule has 1 saturated carbocycles. The minimum Gasteiger partial charge on any atom is -0.335 e. The highest BCUT2D eigenvalue weighted by molar-refractivity contribution is 5.88. The van der Waals surface area contributed by atoms with E-state index in [0.29, 0.717) is 29.3 Å². The third-order valence-electron chi connectivity index (χ3n) is 6.36. The van der Waals surface area contributed by atoms with E-state index in [2.05, 4.69) is 30.5 Å². The molecule has 8 nitrogen and oxygen atoms in total. The van der Waals surface area contributed by atoms with Gasteiger partial charge in [0.05, 0.1) is 11.9 Å². The van der Waals surface area contributed by atoms with Crippen LogP contribution in [0.2, 0.25) is 0 Å². The molecule has 2 N–H and O–H groups in total. The van der Waals surface area contributed by atoms with Crippen molar-refractivity contribution in [2.45, 2.75) is 51.0 Å². The number of nitrogens with zero attached hydrogens (tertiary/aromatic N) is 5. The quantitative estimate of drug-likeness (QED) is 0.669. The van der Waals surface area contributed by atoms with Crippen molar-refractivity contribution in [1.82, 2.24) is 35.4 Å². The second-order valence-corrected chi connectivity index (χ2v) is 8.54. The lowest BCUT2D eigenvalue weighted by atomic mass is 9.83. The van der Waals surface area contributed by atoms with Gasteiger partial charge in [-0.3, -0.25) is 5.10 Å². The molecule has 1 aliphatic carbocycles. The molecule has 0 radical (unpaired) electrons. The van der Waals surface area contributed by atoms with E-state index in [1.807, 2.05) is 17.0 Å². The van der Waals surface area contributed by atoms with E-state index in [1.165, 1.54) is 6.20 Å². The first-order chi connectivity index (χ1) is 15.2. The molecule has 2 amide bonds. The molecule has 31 heavy (non-hydrogen) atoms. The van der Waals surface area contributed by atoms with Gasteiger partial charge in [-0.05, 0) is 56.6 Å². The van der Waals surface area contributed by atoms with Crippen molar-refractivity contribution in [2.24, 2.45) is 5.92 Å². The first-order valence-electron chi connectivity index (χ1n) is 11.0. The lowest BCUT2D eigenvalue weighted by Gasteiger charge is -2.31. The molecule has 2 atom stereocenters. The third kappa shape index (κ3) is 4.22. The number of aromatic amines is 1. The molecule has 1 aliphatic heterocycles. The Labute approximate surface area is 179 Å². The predicted molar refractivity (Wildman–Crippen MR) is 114 cm³/mol. The largest absolute Gasteiger partial charge is 0.335 e. The summed E-state index contributed by atoms with van der Waals surface area (Å²) >= 11 is 0. The number of rotatable bonds is 4. The van der Waals surface area contributed by atoms with Gasteiger partial charge in [0, 0.05) is 30.7 Å². The van der Waals surface area contributed by atoms with Crippen LogP contribution in [0.5, 0.6) is 0 Å². The molecule has 162 valence electrons. The van der Waals surface area contributed by atoms with Gasteiger partial charge in [-0.25, -0.2) is 24.1 Å². The highest BCUT2D eigenvalue weighted by Crippen LogP contribution is 2.29. The van der Waals surface area contributed by atoms with Crippen LogP contribution in [0.15, 0.2) is 24.5 Å². The third-order valence-corrected chi connectivity index (χ3v) is 6.36. The summed E-state index contributed by atoms with van der Waals surface area (Å²) in [5.74, 6) is 0.297. The number of hydrogen-bond donors (Lipinski definition) is 2. The Morgan fingerprint density at radius 2 is 2.10 bits per heavy atom. The second kappa shape index (κ2) is 8.56. The second-order valence-electron chi connectivity index (χ2n) is 8.54. The fourth-order valence-corrected chi connectivity index (χ4v) is 4.75. The molecule has 0 aromatic carbocycles. The molecule has 2 fully saturated rings. The first kappa shape index (κ1) is 19.8. The molecule has 0 bridgehead atoms. The molecular formula is C22H26FN7O. The van der Waals surface area contributed by atoms with Crippen molar-refractivity contribution < 1.29 is 9.18 Å². The van der Waals surface area contributed by atoms with Crippen LogP contribution in [0.1, 0.15) is 44.2 Å². The lowest BCUT2D eigenvalue weighted by Crippen LogP contribution is -2.45. The van der Waals surface area contributed by atoms with Gasteiger partial charge < -0.3 is 10.2 Å². The van der Waals surface area contributed by atoms with Crippen LogP contribution in [0, 0.1) is 11.7 Å². The van der Waals surface area contributed by atoms with E-state index < -0.39 is 5.82 Å². The predicted octanol–water partition coefficient (Wildman–Crippen LogP) is 3.46. The zero-order valence-corrected chi connectivity index (χ0v) is 17.4. The number of aromatic nitrogens is 5. The zero-order valence-electron chi connectivity index (χ0n) is 17.4. The molecule has 5 rings (SSSR count). The molecule has 0 unspecified atom stereocenters. The minimum atomic E-state index is -0.395. The summed E-state index contributed by atoms with van der Waals surface area (Å²) in [4.78, 5) is 27.2. The number of H-pyrrole nitrogens is 1. The normalized spacial score (nSPS) is 21.5. The Hall–Kier alpha value is -3.10. The van der Waals surface area contributed by atoms with Crippen LogP contribution < -0.4 is 5.32 Å². The number of pyridine rings is 1. The molecular weight excluding hydrogens is 397 g/mol. The standard InChI is InChI=1S/C22H26FN7O/c23-17-13-25-21(19-16-7-4-8-24-20(16)29-28-19)27-18(17)12-14-5-3-6-15(11-14)26-22(31)30-9-1-2-10-30/h4,7-8,13-15H,1-3,5-6,9-12H2,(H,26,31)(H,24,28,29)/t14-,15+/m0/s1. The maximum absolute atomic E-state index is 14.6. The minimum absolute atomic E-state index is 0.0402. The van der Waals surface area contributed by atoms with Crippen molar-refractivity contribution in [2.75, 3.05) is 13.1 Å². The van der Waals surface area contributed by atoms with Gasteiger partial charge in [-0.2, -0.15) is 5.10 Å². The van der Waals surface area contributed by atoms with E-state index in [-0.39, 0.29) is 18.0 Å². The van der Waals surface area contributed by atoms with Crippen LogP contribution in [-0.4, -0.2) is 55.2 Å². The van der Waals surface area contributed by atoms with Crippen LogP contribution in [0.4, 0.5) is 9.18 Å². The van der Waals surface area contributed by atoms with Gasteiger partial charge in [-0.15, -0.1) is 0 Å².